The third kappa shape index (κ3) is 6.54. The number of rotatable bonds is 6. The van der Waals surface area contributed by atoms with E-state index in [0.29, 0.717) is 19.5 Å². The molecule has 0 aromatic carbocycles. The largest absolute Gasteiger partial charge is 0.396 e. The molecule has 4 heteroatoms. The van der Waals surface area contributed by atoms with Gasteiger partial charge in [0.2, 0.25) is 5.91 Å². The highest BCUT2D eigenvalue weighted by atomic mass is 16.3. The fraction of sp³-hybridized carbons (Fsp3) is 0.889. The lowest BCUT2D eigenvalue weighted by atomic mass is 9.90. The van der Waals surface area contributed by atoms with E-state index < -0.39 is 0 Å². The molecule has 0 atom stereocenters. The van der Waals surface area contributed by atoms with Crippen molar-refractivity contribution >= 4 is 5.91 Å². The van der Waals surface area contributed by atoms with Crippen LogP contribution in [-0.2, 0) is 4.79 Å². The molecule has 3 N–H and O–H groups in total. The first-order valence-corrected chi connectivity index (χ1v) is 4.54. The van der Waals surface area contributed by atoms with Crippen LogP contribution in [0.4, 0.5) is 0 Å². The molecule has 0 aromatic heterocycles. The number of aliphatic hydroxyl groups excluding tert-OH is 1. The van der Waals surface area contributed by atoms with Gasteiger partial charge >= 0.3 is 0 Å². The predicted molar refractivity (Wildman–Crippen MR) is 52.4 cm³/mol. The zero-order chi connectivity index (χ0) is 10.3. The highest BCUT2D eigenvalue weighted by Crippen LogP contribution is 2.17. The van der Waals surface area contributed by atoms with Crippen molar-refractivity contribution in [3.63, 3.8) is 0 Å². The third-order valence-corrected chi connectivity index (χ3v) is 1.89. The maximum Gasteiger partial charge on any atom is 0.233 e. The highest BCUT2D eigenvalue weighted by molar-refractivity contribution is 5.77. The molecule has 0 saturated carbocycles. The highest BCUT2D eigenvalue weighted by Gasteiger charge is 2.17. The lowest BCUT2D eigenvalue weighted by Gasteiger charge is -2.23. The maximum atomic E-state index is 11.1. The second kappa shape index (κ2) is 5.94. The van der Waals surface area contributed by atoms with Crippen LogP contribution in [0.25, 0.3) is 0 Å². The van der Waals surface area contributed by atoms with Gasteiger partial charge < -0.3 is 15.7 Å². The molecule has 0 radical (unpaired) electrons. The van der Waals surface area contributed by atoms with Crippen molar-refractivity contribution in [3.05, 3.63) is 0 Å². The zero-order valence-corrected chi connectivity index (χ0v) is 8.68. The number of hydrogen-bond donors (Lipinski definition) is 3. The van der Waals surface area contributed by atoms with Gasteiger partial charge in [0.25, 0.3) is 0 Å². The van der Waals surface area contributed by atoms with E-state index in [1.165, 1.54) is 0 Å². The van der Waals surface area contributed by atoms with Gasteiger partial charge in [0.15, 0.2) is 0 Å². The van der Waals surface area contributed by atoms with Gasteiger partial charge in [-0.05, 0) is 18.9 Å². The number of aliphatic hydroxyl groups is 1. The van der Waals surface area contributed by atoms with Crippen LogP contribution in [0.2, 0.25) is 0 Å². The van der Waals surface area contributed by atoms with Crippen LogP contribution in [-0.4, -0.2) is 37.8 Å². The summed E-state index contributed by atoms with van der Waals surface area (Å²) >= 11 is 0. The van der Waals surface area contributed by atoms with Crippen molar-refractivity contribution in [2.75, 3.05) is 26.7 Å². The topological polar surface area (TPSA) is 61.4 Å². The minimum absolute atomic E-state index is 0.00600. The summed E-state index contributed by atoms with van der Waals surface area (Å²) in [6, 6.07) is 0. The fourth-order valence-electron chi connectivity index (χ4n) is 0.952. The Balaban J connectivity index is 3.67. The Kier molecular flexibility index (Phi) is 5.66. The summed E-state index contributed by atoms with van der Waals surface area (Å²) in [7, 11) is 1.73. The Morgan fingerprint density at radius 2 is 2.08 bits per heavy atom. The molecular weight excluding hydrogens is 168 g/mol. The Labute approximate surface area is 79.7 Å². The van der Waals surface area contributed by atoms with Crippen molar-refractivity contribution in [1.29, 1.82) is 0 Å². The molecule has 0 rings (SSSR count). The first kappa shape index (κ1) is 12.4. The third-order valence-electron chi connectivity index (χ3n) is 1.89. The number of nitrogens with one attached hydrogen (secondary N) is 2. The molecule has 0 saturated heterocycles. The Hall–Kier alpha value is -0.610. The van der Waals surface area contributed by atoms with E-state index in [-0.39, 0.29) is 17.9 Å². The number of carbonyl (C=O) groups is 1. The molecule has 0 aliphatic carbocycles. The summed E-state index contributed by atoms with van der Waals surface area (Å²) in [5.41, 5.74) is -0.0296. The maximum absolute atomic E-state index is 11.1. The minimum atomic E-state index is -0.0296. The first-order chi connectivity index (χ1) is 6.02. The van der Waals surface area contributed by atoms with Crippen molar-refractivity contribution in [1.82, 2.24) is 10.6 Å². The molecule has 1 amide bonds. The first-order valence-electron chi connectivity index (χ1n) is 4.54. The Morgan fingerprint density at radius 1 is 1.46 bits per heavy atom. The molecule has 0 heterocycles. The van der Waals surface area contributed by atoms with Gasteiger partial charge in [0.05, 0.1) is 6.54 Å². The standard InChI is InChI=1S/C9H20N2O2/c1-9(2,4-5-12)7-11-8(13)6-10-3/h10,12H,4-7H2,1-3H3,(H,11,13). The van der Waals surface area contributed by atoms with Gasteiger partial charge in [0, 0.05) is 13.2 Å². The van der Waals surface area contributed by atoms with Crippen LogP contribution >= 0.6 is 0 Å². The van der Waals surface area contributed by atoms with Crippen molar-refractivity contribution in [2.45, 2.75) is 20.3 Å². The molecular formula is C9H20N2O2. The van der Waals surface area contributed by atoms with E-state index >= 15 is 0 Å². The Morgan fingerprint density at radius 3 is 2.54 bits per heavy atom. The summed E-state index contributed by atoms with van der Waals surface area (Å²) in [5.74, 6) is -0.00600. The lowest BCUT2D eigenvalue weighted by molar-refractivity contribution is -0.120. The number of carbonyl (C=O) groups excluding carboxylic acids is 1. The SMILES string of the molecule is CNCC(=O)NCC(C)(C)CCO. The van der Waals surface area contributed by atoms with Crippen LogP contribution in [0.15, 0.2) is 0 Å². The second-order valence-corrected chi connectivity index (χ2v) is 3.94. The van der Waals surface area contributed by atoms with Crippen LogP contribution in [0, 0.1) is 5.41 Å². The minimum Gasteiger partial charge on any atom is -0.396 e. The molecule has 0 unspecified atom stereocenters. The zero-order valence-electron chi connectivity index (χ0n) is 8.68. The smallest absolute Gasteiger partial charge is 0.233 e. The Bertz CT molecular complexity index is 158. The number of amides is 1. The molecule has 0 fully saturated rings. The van der Waals surface area contributed by atoms with E-state index in [1.807, 2.05) is 13.8 Å². The van der Waals surface area contributed by atoms with Crippen LogP contribution in [0.3, 0.4) is 0 Å². The summed E-state index contributed by atoms with van der Waals surface area (Å²) in [6.45, 7) is 5.14. The van der Waals surface area contributed by atoms with Gasteiger partial charge in [0.1, 0.15) is 0 Å². The lowest BCUT2D eigenvalue weighted by Crippen LogP contribution is -2.38. The fourth-order valence-corrected chi connectivity index (χ4v) is 0.952. The van der Waals surface area contributed by atoms with Crippen molar-refractivity contribution < 1.29 is 9.90 Å². The van der Waals surface area contributed by atoms with Crippen molar-refractivity contribution in [3.8, 4) is 0 Å². The monoisotopic (exact) mass is 188 g/mol. The molecule has 13 heavy (non-hydrogen) atoms. The second-order valence-electron chi connectivity index (χ2n) is 3.94. The predicted octanol–water partition coefficient (Wildman–Crippen LogP) is -0.269. The van der Waals surface area contributed by atoms with Crippen LogP contribution < -0.4 is 10.6 Å². The van der Waals surface area contributed by atoms with E-state index in [2.05, 4.69) is 10.6 Å². The summed E-state index contributed by atoms with van der Waals surface area (Å²) in [5, 5.41) is 14.3. The van der Waals surface area contributed by atoms with Gasteiger partial charge in [-0.2, -0.15) is 0 Å². The molecule has 4 nitrogen and oxygen atoms in total. The molecule has 0 aliphatic heterocycles. The van der Waals surface area contributed by atoms with Crippen molar-refractivity contribution in [2.24, 2.45) is 5.41 Å². The van der Waals surface area contributed by atoms with Crippen LogP contribution in [0.1, 0.15) is 20.3 Å². The van der Waals surface area contributed by atoms with Gasteiger partial charge in [-0.3, -0.25) is 4.79 Å². The average molecular weight is 188 g/mol. The van der Waals surface area contributed by atoms with Crippen LogP contribution in [0.5, 0.6) is 0 Å². The van der Waals surface area contributed by atoms with E-state index in [9.17, 15) is 4.79 Å². The molecule has 0 aromatic rings. The van der Waals surface area contributed by atoms with E-state index in [1.54, 1.807) is 7.05 Å². The van der Waals surface area contributed by atoms with Gasteiger partial charge in [-0.15, -0.1) is 0 Å². The molecule has 0 aliphatic rings. The number of hydrogen-bond acceptors (Lipinski definition) is 3. The average Bonchev–Trinajstić information content (AvgIpc) is 2.02. The molecule has 0 spiro atoms. The summed E-state index contributed by atoms with van der Waals surface area (Å²) in [4.78, 5) is 11.1. The van der Waals surface area contributed by atoms with E-state index in [4.69, 9.17) is 5.11 Å². The van der Waals surface area contributed by atoms with Gasteiger partial charge in [-0.25, -0.2) is 0 Å². The quantitative estimate of drug-likeness (QED) is 0.538. The number of likely N-dealkylation sites (N-methyl/N-ethyl adjacent to an activating group) is 1. The molecule has 78 valence electrons. The summed E-state index contributed by atoms with van der Waals surface area (Å²) < 4.78 is 0. The van der Waals surface area contributed by atoms with Gasteiger partial charge in [-0.1, -0.05) is 13.8 Å². The van der Waals surface area contributed by atoms with E-state index in [0.717, 1.165) is 0 Å². The molecule has 0 bridgehead atoms. The normalized spacial score (nSPS) is 11.4. The summed E-state index contributed by atoms with van der Waals surface area (Å²) in [6.07, 6.45) is 0.701.